The summed E-state index contributed by atoms with van der Waals surface area (Å²) in [5, 5.41) is 13.8. The average molecular weight is 480 g/mol. The van der Waals surface area contributed by atoms with Crippen LogP contribution in [0.3, 0.4) is 0 Å². The summed E-state index contributed by atoms with van der Waals surface area (Å²) in [4.78, 5) is 10.2. The molecule has 0 aliphatic heterocycles. The first-order valence-corrected chi connectivity index (χ1v) is 11.1. The van der Waals surface area contributed by atoms with Crippen LogP contribution < -0.4 is 14.8 Å². The SMILES string of the molecule is CCOc1cc([C@@H](CS(C)(=O)=O)Nc2c(F)cc(C(F)(F)F)cc2[N+](=O)[O-])ccc1OC. The highest BCUT2D eigenvalue weighted by Gasteiger charge is 2.35. The van der Waals surface area contributed by atoms with Crippen LogP contribution >= 0.6 is 0 Å². The third-order valence-electron chi connectivity index (χ3n) is 4.27. The number of nitrogens with one attached hydrogen (secondary N) is 1. The second-order valence-corrected chi connectivity index (χ2v) is 8.92. The maximum Gasteiger partial charge on any atom is 0.416 e. The van der Waals surface area contributed by atoms with Crippen LogP contribution in [0.2, 0.25) is 0 Å². The Morgan fingerprint density at radius 3 is 2.34 bits per heavy atom. The van der Waals surface area contributed by atoms with Crippen LogP contribution in [0.5, 0.6) is 11.5 Å². The number of anilines is 1. The van der Waals surface area contributed by atoms with Crippen molar-refractivity contribution in [2.24, 2.45) is 0 Å². The van der Waals surface area contributed by atoms with Crippen molar-refractivity contribution in [3.8, 4) is 11.5 Å². The van der Waals surface area contributed by atoms with E-state index in [0.717, 1.165) is 6.26 Å². The fourth-order valence-corrected chi connectivity index (χ4v) is 3.80. The molecular formula is C19H20F4N2O6S. The van der Waals surface area contributed by atoms with Crippen LogP contribution in [0.15, 0.2) is 30.3 Å². The lowest BCUT2D eigenvalue weighted by molar-refractivity contribution is -0.384. The summed E-state index contributed by atoms with van der Waals surface area (Å²) in [5.74, 6) is -1.64. The summed E-state index contributed by atoms with van der Waals surface area (Å²) in [7, 11) is -2.34. The normalized spacial score (nSPS) is 12.8. The molecule has 0 aromatic heterocycles. The lowest BCUT2D eigenvalue weighted by atomic mass is 10.1. The highest BCUT2D eigenvalue weighted by molar-refractivity contribution is 7.90. The van der Waals surface area contributed by atoms with E-state index in [1.54, 1.807) is 6.92 Å². The van der Waals surface area contributed by atoms with Gasteiger partial charge in [0.15, 0.2) is 17.3 Å². The number of methoxy groups -OCH3 is 1. The van der Waals surface area contributed by atoms with Crippen molar-refractivity contribution in [2.45, 2.75) is 19.1 Å². The summed E-state index contributed by atoms with van der Waals surface area (Å²) in [6, 6.07) is 3.32. The van der Waals surface area contributed by atoms with E-state index < -0.39 is 55.5 Å². The molecule has 2 aromatic carbocycles. The van der Waals surface area contributed by atoms with Gasteiger partial charge in [0.1, 0.15) is 15.5 Å². The van der Waals surface area contributed by atoms with Gasteiger partial charge in [-0.3, -0.25) is 10.1 Å². The van der Waals surface area contributed by atoms with Gasteiger partial charge in [0, 0.05) is 12.3 Å². The Morgan fingerprint density at radius 2 is 1.84 bits per heavy atom. The first-order chi connectivity index (χ1) is 14.8. The maximum atomic E-state index is 14.6. The van der Waals surface area contributed by atoms with E-state index in [2.05, 4.69) is 5.32 Å². The van der Waals surface area contributed by atoms with Crippen molar-refractivity contribution in [3.63, 3.8) is 0 Å². The van der Waals surface area contributed by atoms with Gasteiger partial charge in [-0.2, -0.15) is 13.2 Å². The molecule has 0 amide bonds. The summed E-state index contributed by atoms with van der Waals surface area (Å²) < 4.78 is 88.0. The van der Waals surface area contributed by atoms with E-state index in [1.165, 1.54) is 25.3 Å². The molecule has 1 atom stereocenters. The number of sulfone groups is 1. The van der Waals surface area contributed by atoms with Gasteiger partial charge in [-0.15, -0.1) is 0 Å². The first-order valence-electron chi connectivity index (χ1n) is 9.07. The van der Waals surface area contributed by atoms with Gasteiger partial charge >= 0.3 is 6.18 Å². The number of hydrogen-bond donors (Lipinski definition) is 1. The van der Waals surface area contributed by atoms with Crippen LogP contribution in [0.4, 0.5) is 28.9 Å². The number of benzene rings is 2. The van der Waals surface area contributed by atoms with Crippen LogP contribution in [-0.4, -0.2) is 39.1 Å². The molecule has 8 nitrogen and oxygen atoms in total. The van der Waals surface area contributed by atoms with Gasteiger partial charge in [-0.05, 0) is 30.7 Å². The summed E-state index contributed by atoms with van der Waals surface area (Å²) in [5.41, 5.74) is -3.37. The number of alkyl halides is 3. The molecule has 0 saturated carbocycles. The molecule has 2 aromatic rings. The highest BCUT2D eigenvalue weighted by Crippen LogP contribution is 2.39. The second kappa shape index (κ2) is 9.59. The van der Waals surface area contributed by atoms with Gasteiger partial charge in [0.25, 0.3) is 5.69 Å². The number of nitro groups is 1. The van der Waals surface area contributed by atoms with Crippen molar-refractivity contribution in [2.75, 3.05) is 31.0 Å². The zero-order chi connectivity index (χ0) is 24.3. The molecule has 0 heterocycles. The number of halogens is 4. The lowest BCUT2D eigenvalue weighted by Crippen LogP contribution is -2.22. The van der Waals surface area contributed by atoms with Crippen LogP contribution in [0.25, 0.3) is 0 Å². The number of nitro benzene ring substituents is 1. The molecule has 1 N–H and O–H groups in total. The van der Waals surface area contributed by atoms with E-state index in [4.69, 9.17) is 9.47 Å². The molecule has 0 spiro atoms. The molecule has 0 aliphatic rings. The van der Waals surface area contributed by atoms with Crippen LogP contribution in [0, 0.1) is 15.9 Å². The van der Waals surface area contributed by atoms with E-state index in [1.807, 2.05) is 0 Å². The maximum absolute atomic E-state index is 14.6. The smallest absolute Gasteiger partial charge is 0.416 e. The van der Waals surface area contributed by atoms with Gasteiger partial charge in [0.2, 0.25) is 0 Å². The largest absolute Gasteiger partial charge is 0.493 e. The zero-order valence-electron chi connectivity index (χ0n) is 17.2. The van der Waals surface area contributed by atoms with Crippen molar-refractivity contribution < 1.29 is 40.4 Å². The third kappa shape index (κ3) is 6.22. The standard InChI is InChI=1S/C19H20F4N2O6S/c1-4-31-17-7-11(5-6-16(17)30-2)14(10-32(3,28)29)24-18-13(20)8-12(19(21,22)23)9-15(18)25(26)27/h5-9,14,24H,4,10H2,1-3H3/t14-/m1/s1. The summed E-state index contributed by atoms with van der Waals surface area (Å²) >= 11 is 0. The lowest BCUT2D eigenvalue weighted by Gasteiger charge is -2.22. The minimum Gasteiger partial charge on any atom is -0.493 e. The number of rotatable bonds is 9. The van der Waals surface area contributed by atoms with Crippen molar-refractivity contribution in [1.29, 1.82) is 0 Å². The van der Waals surface area contributed by atoms with Crippen molar-refractivity contribution in [3.05, 3.63) is 57.4 Å². The quantitative estimate of drug-likeness (QED) is 0.323. The minimum atomic E-state index is -5.02. The number of nitrogens with zero attached hydrogens (tertiary/aromatic N) is 1. The molecule has 13 heteroatoms. The van der Waals surface area contributed by atoms with Gasteiger partial charge in [-0.1, -0.05) is 6.07 Å². The van der Waals surface area contributed by atoms with E-state index in [0.29, 0.717) is 5.75 Å². The first kappa shape index (κ1) is 25.2. The molecule has 0 saturated heterocycles. The molecule has 0 aliphatic carbocycles. The fraction of sp³-hybridized carbons (Fsp3) is 0.368. The Labute approximate surface area is 181 Å². The Kier molecular flexibility index (Phi) is 7.54. The molecule has 32 heavy (non-hydrogen) atoms. The Morgan fingerprint density at radius 1 is 1.19 bits per heavy atom. The Hall–Kier alpha value is -3.09. The van der Waals surface area contributed by atoms with E-state index in [-0.39, 0.29) is 30.1 Å². The van der Waals surface area contributed by atoms with Gasteiger partial charge in [0.05, 0.1) is 36.0 Å². The highest BCUT2D eigenvalue weighted by atomic mass is 32.2. The van der Waals surface area contributed by atoms with Crippen LogP contribution in [0.1, 0.15) is 24.1 Å². The monoisotopic (exact) mass is 480 g/mol. The van der Waals surface area contributed by atoms with Crippen molar-refractivity contribution >= 4 is 21.2 Å². The summed E-state index contributed by atoms with van der Waals surface area (Å²) in [6.45, 7) is 1.93. The predicted molar refractivity (Wildman–Crippen MR) is 108 cm³/mol. The van der Waals surface area contributed by atoms with E-state index in [9.17, 15) is 36.1 Å². The molecule has 0 unspecified atom stereocenters. The molecule has 0 bridgehead atoms. The predicted octanol–water partition coefficient (Wildman–Crippen LogP) is 4.36. The molecular weight excluding hydrogens is 460 g/mol. The fourth-order valence-electron chi connectivity index (χ4n) is 2.92. The zero-order valence-corrected chi connectivity index (χ0v) is 18.0. The van der Waals surface area contributed by atoms with Gasteiger partial charge in [-0.25, -0.2) is 12.8 Å². The van der Waals surface area contributed by atoms with Gasteiger partial charge < -0.3 is 14.8 Å². The third-order valence-corrected chi connectivity index (χ3v) is 5.21. The molecule has 0 fully saturated rings. The molecule has 176 valence electrons. The topological polar surface area (TPSA) is 108 Å². The van der Waals surface area contributed by atoms with E-state index >= 15 is 0 Å². The van der Waals surface area contributed by atoms with Crippen LogP contribution in [-0.2, 0) is 16.0 Å². The molecule has 2 rings (SSSR count). The number of ether oxygens (including phenoxy) is 2. The Bertz CT molecular complexity index is 1110. The van der Waals surface area contributed by atoms with Crippen molar-refractivity contribution in [1.82, 2.24) is 0 Å². The summed E-state index contributed by atoms with van der Waals surface area (Å²) in [6.07, 6.45) is -4.12. The minimum absolute atomic E-state index is 0.104. The Balaban J connectivity index is 2.62. The number of hydrogen-bond acceptors (Lipinski definition) is 7. The average Bonchev–Trinajstić information content (AvgIpc) is 2.66. The second-order valence-electron chi connectivity index (χ2n) is 6.74. The molecule has 0 radical (unpaired) electrons.